The van der Waals surface area contributed by atoms with Gasteiger partial charge >= 0.3 is 59.7 Å². The van der Waals surface area contributed by atoms with Crippen molar-refractivity contribution in [2.45, 2.75) is 106 Å². The number of aromatic hydroxyl groups is 26. The number of carbonyl (C=O) groups is 10. The monoisotopic (exact) mass is 2030 g/mol. The molecule has 2 bridgehead atoms. The molecule has 0 amide bonds. The molecule has 4 fully saturated rings. The second-order valence-electron chi connectivity index (χ2n) is 33.9. The van der Waals surface area contributed by atoms with Crippen LogP contribution < -0.4 is 23.7 Å². The molecule has 11 aromatic carbocycles. The number of nitrogens with zero attached hydrogens (tertiary/aromatic N) is 1. The fourth-order valence-corrected chi connectivity index (χ4v) is 17.2. The van der Waals surface area contributed by atoms with E-state index < -0.39 is 331 Å². The summed E-state index contributed by atoms with van der Waals surface area (Å²) in [6, 6.07) is 14.7. The maximum atomic E-state index is 15.3. The van der Waals surface area contributed by atoms with Gasteiger partial charge in [0.05, 0.1) is 61.2 Å². The number of aliphatic hydroxyl groups is 1. The minimum Gasteiger partial charge on any atom is -0.508 e. The highest BCUT2D eigenvalue weighted by Crippen LogP contribution is 2.60. The molecule has 2 saturated heterocycles. The summed E-state index contributed by atoms with van der Waals surface area (Å²) in [5, 5.41) is 283. The molecule has 0 spiro atoms. The molecule has 49 heteroatoms. The predicted octanol–water partition coefficient (Wildman–Crippen LogP) is 8.20. The first kappa shape index (κ1) is 101. The number of carbonyl (C=O) groups excluding carboxylic acids is 10. The summed E-state index contributed by atoms with van der Waals surface area (Å²) in [5.74, 6) is -54.8. The molecule has 146 heavy (non-hydrogen) atoms. The first-order chi connectivity index (χ1) is 69.0. The van der Waals surface area contributed by atoms with Gasteiger partial charge in [0.15, 0.2) is 156 Å². The van der Waals surface area contributed by atoms with E-state index in [1.807, 2.05) is 12.1 Å². The second-order valence-corrected chi connectivity index (χ2v) is 33.9. The molecule has 8 atom stereocenters. The van der Waals surface area contributed by atoms with Crippen molar-refractivity contribution in [3.63, 3.8) is 0 Å². The van der Waals surface area contributed by atoms with Gasteiger partial charge in [0.1, 0.15) is 18.5 Å². The van der Waals surface area contributed by atoms with E-state index in [9.17, 15) is 171 Å². The minimum atomic E-state index is -3.12. The molecule has 16 rings (SSSR count). The second kappa shape index (κ2) is 39.8. The van der Waals surface area contributed by atoms with Gasteiger partial charge in [-0.2, -0.15) is 0 Å². The Morgan fingerprint density at radius 1 is 0.301 bits per heavy atom. The van der Waals surface area contributed by atoms with E-state index in [-0.39, 0.29) is 11.5 Å². The van der Waals surface area contributed by atoms with Crippen LogP contribution in [-0.2, 0) is 40.3 Å². The number of hydrogen-bond acceptors (Lipinski definition) is 49. The van der Waals surface area contributed by atoms with Gasteiger partial charge in [0, 0.05) is 18.0 Å². The van der Waals surface area contributed by atoms with Crippen molar-refractivity contribution in [2.75, 3.05) is 19.7 Å². The van der Waals surface area contributed by atoms with Crippen LogP contribution in [0.2, 0.25) is 0 Å². The lowest BCUT2D eigenvalue weighted by molar-refractivity contribution is -0.282. The number of hydrogen-bond donors (Lipinski definition) is 27. The van der Waals surface area contributed by atoms with Gasteiger partial charge < -0.3 is 190 Å². The SMILES string of the molecule is O=C(OC[C@H]1O[C@@H](OC(=O)c2cc(O)c(O)c(OC(=O)c3cc(O)c(O)c(O)c3)c2)[C@H](OC(=O)c2cc(O)c(O)c(OC(=O)c3cc(O)c(O)c(O)c3)c2)[C@@H](OC(=O)c2cc(O)c(O)c(OC(=O)c3cc(O)c(O)c(O)c3)c2)[C@@H]1OC(=O)c1cc(O)c(O)c(OC(=O)c2cc(O)c(O)c(O)c2)c1)c1cc(O)c(O)c(OC(=O)c2cc(O)c(O)c(O)c2)c1.Oc1ccc2c(c1)[C@@]13CCCC[C@@]1(O)[C@@H](C2)N(CC1CCC1)CC3. The number of esters is 10. The molecule has 762 valence electrons. The largest absolute Gasteiger partial charge is 0.508 e. The lowest BCUT2D eigenvalue weighted by Gasteiger charge is -2.64. The van der Waals surface area contributed by atoms with Gasteiger partial charge in [-0.15, -0.1) is 0 Å². The summed E-state index contributed by atoms with van der Waals surface area (Å²) in [4.78, 5) is 145. The maximum Gasteiger partial charge on any atom is 0.343 e. The van der Waals surface area contributed by atoms with Gasteiger partial charge in [-0.25, -0.2) is 47.9 Å². The molecule has 2 aliphatic heterocycles. The Morgan fingerprint density at radius 3 is 0.897 bits per heavy atom. The Hall–Kier alpha value is -19.2. The van der Waals surface area contributed by atoms with E-state index in [0.29, 0.717) is 127 Å². The van der Waals surface area contributed by atoms with Crippen LogP contribution in [0.4, 0.5) is 0 Å². The highest BCUT2D eigenvalue weighted by Gasteiger charge is 2.64. The number of fused-ring (bicyclic) bond motifs is 1. The molecule has 2 saturated carbocycles. The first-order valence-corrected chi connectivity index (χ1v) is 43.1. The third-order valence-electron chi connectivity index (χ3n) is 24.7. The van der Waals surface area contributed by atoms with Gasteiger partial charge in [0.2, 0.25) is 41.1 Å². The van der Waals surface area contributed by atoms with Crippen molar-refractivity contribution in [1.82, 2.24) is 4.90 Å². The number of rotatable bonds is 23. The predicted molar refractivity (Wildman–Crippen MR) is 477 cm³/mol. The lowest BCUT2D eigenvalue weighted by atomic mass is 9.49. The quantitative estimate of drug-likeness (QED) is 0.0124. The van der Waals surface area contributed by atoms with Crippen LogP contribution in [0.25, 0.3) is 0 Å². The van der Waals surface area contributed by atoms with E-state index in [1.165, 1.54) is 43.4 Å². The number of benzene rings is 11. The summed E-state index contributed by atoms with van der Waals surface area (Å²) in [6.45, 7) is 0.579. The van der Waals surface area contributed by atoms with E-state index in [2.05, 4.69) is 11.0 Å². The fourth-order valence-electron chi connectivity index (χ4n) is 17.2. The van der Waals surface area contributed by atoms with Crippen molar-refractivity contribution in [3.8, 4) is 178 Å². The number of phenols is 26. The Balaban J connectivity index is 0.000000573. The summed E-state index contributed by atoms with van der Waals surface area (Å²) < 4.78 is 60.4. The van der Waals surface area contributed by atoms with Gasteiger partial charge in [0.25, 0.3) is 0 Å². The van der Waals surface area contributed by atoms with Gasteiger partial charge in [-0.05, 0) is 196 Å². The summed E-state index contributed by atoms with van der Waals surface area (Å²) in [7, 11) is 0. The molecule has 49 nitrogen and oxygen atoms in total. The molecule has 5 aliphatic rings. The Labute approximate surface area is 814 Å². The van der Waals surface area contributed by atoms with Crippen LogP contribution in [0.5, 0.6) is 178 Å². The zero-order chi connectivity index (χ0) is 106. The van der Waals surface area contributed by atoms with Crippen LogP contribution in [-0.4, -0.2) is 265 Å². The van der Waals surface area contributed by atoms with Crippen molar-refractivity contribution in [3.05, 3.63) is 206 Å². The van der Waals surface area contributed by atoms with Crippen LogP contribution >= 0.6 is 0 Å². The van der Waals surface area contributed by atoms with Gasteiger partial charge in [-0.1, -0.05) is 25.3 Å². The molecule has 11 aromatic rings. The lowest BCUT2D eigenvalue weighted by Crippen LogP contribution is -2.72. The number of ether oxygens (including phenoxy) is 11. The molecule has 0 unspecified atom stereocenters. The first-order valence-electron chi connectivity index (χ1n) is 43.1. The van der Waals surface area contributed by atoms with E-state index in [0.717, 1.165) is 44.6 Å². The zero-order valence-electron chi connectivity index (χ0n) is 74.4. The van der Waals surface area contributed by atoms with E-state index in [1.54, 1.807) is 0 Å². The summed E-state index contributed by atoms with van der Waals surface area (Å²) >= 11 is 0. The minimum absolute atomic E-state index is 0.127. The van der Waals surface area contributed by atoms with Gasteiger partial charge in [-0.3, -0.25) is 4.90 Å². The Kier molecular flexibility index (Phi) is 27.6. The fraction of sp³-hybridized carbons (Fsp3) is 0.216. The van der Waals surface area contributed by atoms with Crippen LogP contribution in [0.1, 0.15) is 166 Å². The van der Waals surface area contributed by atoms with Crippen molar-refractivity contribution >= 4 is 59.7 Å². The van der Waals surface area contributed by atoms with E-state index >= 15 is 14.4 Å². The number of piperidine rings is 1. The molecule has 27 N–H and O–H groups in total. The molecule has 0 aromatic heterocycles. The molecule has 2 heterocycles. The van der Waals surface area contributed by atoms with Crippen LogP contribution in [0.15, 0.2) is 140 Å². The average Bonchev–Trinajstić information content (AvgIpc) is 0.688. The zero-order valence-corrected chi connectivity index (χ0v) is 74.4. The molecular weight excluding hydrogens is 1950 g/mol. The highest BCUT2D eigenvalue weighted by molar-refractivity contribution is 6.00. The smallest absolute Gasteiger partial charge is 0.343 e. The van der Waals surface area contributed by atoms with E-state index in [4.69, 9.17) is 52.1 Å². The number of likely N-dealkylation sites (tertiary alicyclic amines) is 1. The van der Waals surface area contributed by atoms with Crippen molar-refractivity contribution in [1.29, 1.82) is 0 Å². The van der Waals surface area contributed by atoms with Crippen LogP contribution in [0.3, 0.4) is 0 Å². The van der Waals surface area contributed by atoms with Crippen molar-refractivity contribution in [2.24, 2.45) is 5.92 Å². The van der Waals surface area contributed by atoms with Crippen LogP contribution in [0, 0.1) is 5.92 Å². The standard InChI is InChI=1S/C76H52O46.C21H29NO2/c77-32-1-22(2-33(78)53(32)92)67(103)113-47-16-27(11-42(87)58(47)97)66(102)112-21-52-63(119-72(108)28-12-43(88)59(98)48(17-28)114-68(104)23-3-34(79)54(93)35(80)4-23)64(120-73(109)29-13-44(89)60(99)49(18-29)115-69(105)24-5-36(81)55(94)37(82)6-24)65(121-74(110)30-14-45(90)61(100)50(19-30)116-70(106)25-7-38(83)56(95)39(84)8-25)76(118-52)122-75(111)31-15-46(91)62(101)51(20-31)117-71(107)26-9-40(85)57(96)41(86)10-26;23-17-7-6-16-12-19-21(24)9-2-1-8-20(21,18(16)13-17)10-11-22(19)14-15-4-3-5-15/h1-20,52,63-65,76-101H,21H2;6-7,13,15,19,23-24H,1-5,8-12,14H2/t52-,63-,64+,65-,76+;19-,20+,21-/m11/s1. The Bertz CT molecular complexity index is 7110. The highest BCUT2D eigenvalue weighted by atomic mass is 16.8. The molecular formula is C97H81NO48. The third-order valence-corrected chi connectivity index (χ3v) is 24.7. The topological polar surface area (TPSA) is 822 Å². The summed E-state index contributed by atoms with van der Waals surface area (Å²) in [6.07, 6.45) is -4.59. The average molecular weight is 2030 g/mol. The summed E-state index contributed by atoms with van der Waals surface area (Å²) in [5.41, 5.74) is -8.00. The molecule has 3 aliphatic carbocycles. The Morgan fingerprint density at radius 2 is 0.582 bits per heavy atom. The number of phenolic OH excluding ortho intramolecular Hbond substituents is 26. The molecule has 0 radical (unpaired) electrons. The third kappa shape index (κ3) is 20.1. The maximum absolute atomic E-state index is 15.3. The van der Waals surface area contributed by atoms with Crippen molar-refractivity contribution < 1.29 is 238 Å². The normalized spacial score (nSPS) is 18.6.